The molecule has 2 heterocycles. The number of nitrogens with zero attached hydrogens (tertiary/aromatic N) is 3. The molecule has 124 valence electrons. The van der Waals surface area contributed by atoms with Crippen molar-refractivity contribution in [3.63, 3.8) is 0 Å². The van der Waals surface area contributed by atoms with Gasteiger partial charge in [0.1, 0.15) is 15.3 Å². The van der Waals surface area contributed by atoms with Crippen molar-refractivity contribution in [1.82, 2.24) is 14.9 Å². The molecule has 0 radical (unpaired) electrons. The molecule has 0 saturated carbocycles. The summed E-state index contributed by atoms with van der Waals surface area (Å²) in [6.45, 7) is 4.17. The van der Waals surface area contributed by atoms with Gasteiger partial charge in [-0.2, -0.15) is 5.26 Å². The van der Waals surface area contributed by atoms with Crippen molar-refractivity contribution in [2.24, 2.45) is 0 Å². The Kier molecular flexibility index (Phi) is 4.81. The molecule has 1 aromatic carbocycles. The zero-order valence-corrected chi connectivity index (χ0v) is 15.7. The van der Waals surface area contributed by atoms with E-state index in [1.807, 2.05) is 25.3 Å². The van der Waals surface area contributed by atoms with Gasteiger partial charge in [0.05, 0.1) is 29.0 Å². The summed E-state index contributed by atoms with van der Waals surface area (Å²) in [6, 6.07) is 6.61. The molecule has 1 atom stereocenters. The number of hydrogen-bond donors (Lipinski definition) is 2. The Hall–Kier alpha value is -2.01. The van der Waals surface area contributed by atoms with Gasteiger partial charge in [-0.25, -0.2) is 4.98 Å². The first-order valence-corrected chi connectivity index (χ1v) is 9.20. The Morgan fingerprint density at radius 1 is 1.42 bits per heavy atom. The van der Waals surface area contributed by atoms with Crippen LogP contribution in [0.5, 0.6) is 0 Å². The molecule has 1 unspecified atom stereocenters. The number of benzene rings is 1. The number of thiazole rings is 1. The number of aromatic nitrogens is 2. The van der Waals surface area contributed by atoms with Crippen molar-refractivity contribution < 1.29 is 0 Å². The Bertz CT molecular complexity index is 903. The van der Waals surface area contributed by atoms with E-state index in [0.717, 1.165) is 31.4 Å². The van der Waals surface area contributed by atoms with Crippen LogP contribution >= 0.6 is 23.3 Å². The molecule has 0 aliphatic rings. The Balaban J connectivity index is 1.81. The molecule has 2 aromatic heterocycles. The van der Waals surface area contributed by atoms with Crippen LogP contribution in [0.2, 0.25) is 0 Å². The number of hydrogen-bond acceptors (Lipinski definition) is 6. The van der Waals surface area contributed by atoms with Gasteiger partial charge in [0, 0.05) is 11.6 Å². The van der Waals surface area contributed by atoms with Crippen LogP contribution in [-0.2, 0) is 0 Å². The Morgan fingerprint density at radius 3 is 2.92 bits per heavy atom. The molecule has 0 aliphatic heterocycles. The standard InChI is InChI=1S/C17H19N5S2/c1-10-5-6-13(16-15(10)12(7-18)8-19-16)21-24-14-9-20-17(23-14)11(2)22(3)4/h5-6,8-9,11,19,21H,1-4H3. The maximum absolute atomic E-state index is 9.24. The number of H-pyrrole nitrogens is 1. The monoisotopic (exact) mass is 357 g/mol. The summed E-state index contributed by atoms with van der Waals surface area (Å²) in [5, 5.41) is 11.3. The maximum Gasteiger partial charge on any atom is 0.111 e. The third-order valence-corrected chi connectivity index (χ3v) is 6.15. The largest absolute Gasteiger partial charge is 0.358 e. The lowest BCUT2D eigenvalue weighted by atomic mass is 10.1. The zero-order valence-electron chi connectivity index (χ0n) is 14.0. The highest BCUT2D eigenvalue weighted by atomic mass is 32.2. The second kappa shape index (κ2) is 6.85. The maximum atomic E-state index is 9.24. The molecule has 0 spiro atoms. The number of anilines is 1. The molecule has 24 heavy (non-hydrogen) atoms. The zero-order chi connectivity index (χ0) is 17.3. The smallest absolute Gasteiger partial charge is 0.111 e. The topological polar surface area (TPSA) is 67.7 Å². The van der Waals surface area contributed by atoms with Gasteiger partial charge in [-0.05, 0) is 51.5 Å². The van der Waals surface area contributed by atoms with Crippen molar-refractivity contribution in [3.8, 4) is 6.07 Å². The minimum Gasteiger partial charge on any atom is -0.358 e. The molecule has 3 aromatic rings. The van der Waals surface area contributed by atoms with E-state index in [4.69, 9.17) is 0 Å². The van der Waals surface area contributed by atoms with E-state index in [9.17, 15) is 5.26 Å². The lowest BCUT2D eigenvalue weighted by Gasteiger charge is -2.16. The molecule has 0 bridgehead atoms. The molecule has 0 amide bonds. The predicted octanol–water partition coefficient (Wildman–Crippen LogP) is 4.55. The molecule has 2 N–H and O–H groups in total. The normalized spacial score (nSPS) is 12.5. The van der Waals surface area contributed by atoms with Crippen molar-refractivity contribution in [3.05, 3.63) is 40.7 Å². The highest BCUT2D eigenvalue weighted by Gasteiger charge is 2.14. The van der Waals surface area contributed by atoms with Crippen LogP contribution in [0.4, 0.5) is 5.69 Å². The van der Waals surface area contributed by atoms with Crippen LogP contribution in [0.25, 0.3) is 10.9 Å². The lowest BCUT2D eigenvalue weighted by molar-refractivity contribution is 0.320. The third kappa shape index (κ3) is 3.13. The van der Waals surface area contributed by atoms with Gasteiger partial charge in [0.15, 0.2) is 0 Å². The summed E-state index contributed by atoms with van der Waals surface area (Å²) < 4.78 is 4.49. The van der Waals surface area contributed by atoms with E-state index in [1.54, 1.807) is 29.5 Å². The van der Waals surface area contributed by atoms with Gasteiger partial charge in [-0.15, -0.1) is 11.3 Å². The SMILES string of the molecule is Cc1ccc(NSc2cnc(C(C)N(C)C)s2)c2[nH]cc(C#N)c12. The number of nitriles is 1. The number of aryl methyl sites for hydroxylation is 1. The van der Waals surface area contributed by atoms with E-state index in [-0.39, 0.29) is 0 Å². The fraction of sp³-hybridized carbons (Fsp3) is 0.294. The first-order valence-electron chi connectivity index (χ1n) is 7.57. The third-order valence-electron chi connectivity index (χ3n) is 4.06. The molecular formula is C17H19N5S2. The summed E-state index contributed by atoms with van der Waals surface area (Å²) in [5.74, 6) is 0. The minimum absolute atomic E-state index is 0.303. The van der Waals surface area contributed by atoms with Gasteiger partial charge in [-0.3, -0.25) is 0 Å². The highest BCUT2D eigenvalue weighted by molar-refractivity contribution is 8.02. The van der Waals surface area contributed by atoms with Crippen LogP contribution in [0, 0.1) is 18.3 Å². The van der Waals surface area contributed by atoms with Crippen LogP contribution in [0.1, 0.15) is 29.1 Å². The van der Waals surface area contributed by atoms with Crippen LogP contribution in [0.3, 0.4) is 0 Å². The molecule has 0 aliphatic carbocycles. The Labute approximate surface area is 149 Å². The van der Waals surface area contributed by atoms with Crippen molar-refractivity contribution in [2.45, 2.75) is 24.1 Å². The molecule has 0 saturated heterocycles. The van der Waals surface area contributed by atoms with Crippen LogP contribution < -0.4 is 4.72 Å². The van der Waals surface area contributed by atoms with E-state index in [0.29, 0.717) is 11.6 Å². The summed E-state index contributed by atoms with van der Waals surface area (Å²) in [6.07, 6.45) is 3.66. The van der Waals surface area contributed by atoms with Gasteiger partial charge < -0.3 is 14.6 Å². The summed E-state index contributed by atoms with van der Waals surface area (Å²) in [7, 11) is 4.11. The van der Waals surface area contributed by atoms with Gasteiger partial charge in [-0.1, -0.05) is 6.07 Å². The van der Waals surface area contributed by atoms with Gasteiger partial charge in [0.25, 0.3) is 0 Å². The van der Waals surface area contributed by atoms with Crippen LogP contribution in [-0.4, -0.2) is 29.0 Å². The average Bonchev–Trinajstić information content (AvgIpc) is 3.20. The quantitative estimate of drug-likeness (QED) is 0.656. The average molecular weight is 358 g/mol. The van der Waals surface area contributed by atoms with Gasteiger partial charge >= 0.3 is 0 Å². The van der Waals surface area contributed by atoms with Crippen molar-refractivity contribution >= 4 is 39.9 Å². The fourth-order valence-electron chi connectivity index (χ4n) is 2.43. The molecule has 0 fully saturated rings. The fourth-order valence-corrected chi connectivity index (χ4v) is 4.26. The summed E-state index contributed by atoms with van der Waals surface area (Å²) >= 11 is 3.24. The molecule has 7 heteroatoms. The summed E-state index contributed by atoms with van der Waals surface area (Å²) in [5.41, 5.74) is 3.71. The number of nitrogens with one attached hydrogen (secondary N) is 2. The predicted molar refractivity (Wildman–Crippen MR) is 101 cm³/mol. The lowest BCUT2D eigenvalue weighted by Crippen LogP contribution is -2.16. The molecule has 3 rings (SSSR count). The number of rotatable bonds is 5. The first kappa shape index (κ1) is 16.8. The van der Waals surface area contributed by atoms with Crippen molar-refractivity contribution in [2.75, 3.05) is 18.8 Å². The van der Waals surface area contributed by atoms with Gasteiger partial charge in [0.2, 0.25) is 0 Å². The summed E-state index contributed by atoms with van der Waals surface area (Å²) in [4.78, 5) is 9.86. The molecule has 5 nitrogen and oxygen atoms in total. The van der Waals surface area contributed by atoms with E-state index in [2.05, 4.69) is 46.7 Å². The second-order valence-electron chi connectivity index (χ2n) is 5.86. The van der Waals surface area contributed by atoms with Crippen LogP contribution in [0.15, 0.2) is 28.7 Å². The highest BCUT2D eigenvalue weighted by Crippen LogP contribution is 2.34. The van der Waals surface area contributed by atoms with E-state index in [1.165, 1.54) is 0 Å². The first-order chi connectivity index (χ1) is 11.5. The number of aromatic amines is 1. The van der Waals surface area contributed by atoms with E-state index < -0.39 is 0 Å². The van der Waals surface area contributed by atoms with E-state index >= 15 is 0 Å². The Morgan fingerprint density at radius 2 is 2.21 bits per heavy atom. The minimum atomic E-state index is 0.303. The number of fused-ring (bicyclic) bond motifs is 1. The van der Waals surface area contributed by atoms with Crippen molar-refractivity contribution in [1.29, 1.82) is 5.26 Å². The molecular weight excluding hydrogens is 338 g/mol. The second-order valence-corrected chi connectivity index (χ2v) is 8.02.